The van der Waals surface area contributed by atoms with Crippen LogP contribution in [0.4, 0.5) is 24.8 Å². The third kappa shape index (κ3) is 2.79. The maximum Gasteiger partial charge on any atom is 0.416 e. The first-order valence-corrected chi connectivity index (χ1v) is 5.27. The fourth-order valence-electron chi connectivity index (χ4n) is 1.76. The van der Waals surface area contributed by atoms with E-state index in [0.29, 0.717) is 18.9 Å². The quantitative estimate of drug-likeness (QED) is 0.779. The second kappa shape index (κ2) is 4.40. The highest BCUT2D eigenvalue weighted by molar-refractivity contribution is 5.49. The van der Waals surface area contributed by atoms with Crippen LogP contribution >= 0.6 is 0 Å². The zero-order valence-corrected chi connectivity index (χ0v) is 9.09. The summed E-state index contributed by atoms with van der Waals surface area (Å²) in [6.45, 7) is 2.73. The number of piperazine rings is 1. The standard InChI is InChI=1S/C10H13F3N4/c11-10(12,13)7-5-8(14)16-9(6-7)17-3-1-15-2-4-17/h5-6,15H,1-4H2,(H2,14,16). The van der Waals surface area contributed by atoms with Crippen LogP contribution < -0.4 is 16.0 Å². The molecule has 1 aliphatic heterocycles. The number of anilines is 2. The smallest absolute Gasteiger partial charge is 0.384 e. The first-order chi connectivity index (χ1) is 7.97. The number of aromatic nitrogens is 1. The summed E-state index contributed by atoms with van der Waals surface area (Å²) in [4.78, 5) is 5.74. The van der Waals surface area contributed by atoms with Crippen molar-refractivity contribution in [1.29, 1.82) is 0 Å². The number of pyridine rings is 1. The minimum atomic E-state index is -4.39. The van der Waals surface area contributed by atoms with Gasteiger partial charge in [-0.15, -0.1) is 0 Å². The molecular formula is C10H13F3N4. The Morgan fingerprint density at radius 3 is 2.47 bits per heavy atom. The van der Waals surface area contributed by atoms with Crippen LogP contribution in [0, 0.1) is 0 Å². The molecule has 0 unspecified atom stereocenters. The predicted molar refractivity (Wildman–Crippen MR) is 58.7 cm³/mol. The summed E-state index contributed by atoms with van der Waals surface area (Å²) < 4.78 is 37.8. The monoisotopic (exact) mass is 246 g/mol. The second-order valence-electron chi connectivity index (χ2n) is 3.87. The topological polar surface area (TPSA) is 54.2 Å². The number of rotatable bonds is 1. The molecule has 0 saturated carbocycles. The largest absolute Gasteiger partial charge is 0.416 e. The molecule has 1 fully saturated rings. The third-order valence-electron chi connectivity index (χ3n) is 2.60. The van der Waals surface area contributed by atoms with Gasteiger partial charge in [0.15, 0.2) is 0 Å². The lowest BCUT2D eigenvalue weighted by molar-refractivity contribution is -0.137. The van der Waals surface area contributed by atoms with Crippen molar-refractivity contribution in [2.24, 2.45) is 0 Å². The van der Waals surface area contributed by atoms with E-state index in [1.54, 1.807) is 4.90 Å². The van der Waals surface area contributed by atoms with Gasteiger partial charge < -0.3 is 16.0 Å². The van der Waals surface area contributed by atoms with Crippen molar-refractivity contribution in [1.82, 2.24) is 10.3 Å². The lowest BCUT2D eigenvalue weighted by Gasteiger charge is -2.29. The van der Waals surface area contributed by atoms with E-state index in [1.807, 2.05) is 0 Å². The van der Waals surface area contributed by atoms with Crippen LogP contribution in [0.3, 0.4) is 0 Å². The van der Waals surface area contributed by atoms with Crippen LogP contribution in [0.1, 0.15) is 5.56 Å². The number of alkyl halides is 3. The van der Waals surface area contributed by atoms with E-state index in [0.717, 1.165) is 25.2 Å². The maximum absolute atomic E-state index is 12.6. The molecule has 7 heteroatoms. The van der Waals surface area contributed by atoms with Crippen LogP contribution in [-0.2, 0) is 6.18 Å². The molecule has 0 spiro atoms. The van der Waals surface area contributed by atoms with Crippen molar-refractivity contribution in [3.05, 3.63) is 17.7 Å². The highest BCUT2D eigenvalue weighted by Crippen LogP contribution is 2.32. The van der Waals surface area contributed by atoms with Gasteiger partial charge in [-0.3, -0.25) is 0 Å². The van der Waals surface area contributed by atoms with Gasteiger partial charge in [0.1, 0.15) is 11.6 Å². The molecule has 0 bridgehead atoms. The molecule has 17 heavy (non-hydrogen) atoms. The number of nitrogens with two attached hydrogens (primary N) is 1. The van der Waals surface area contributed by atoms with Gasteiger partial charge in [0.25, 0.3) is 0 Å². The van der Waals surface area contributed by atoms with Crippen molar-refractivity contribution in [2.75, 3.05) is 36.8 Å². The number of hydrogen-bond donors (Lipinski definition) is 2. The molecule has 1 aromatic heterocycles. The SMILES string of the molecule is Nc1cc(C(F)(F)F)cc(N2CCNCC2)n1. The fourth-order valence-corrected chi connectivity index (χ4v) is 1.76. The lowest BCUT2D eigenvalue weighted by atomic mass is 10.2. The molecule has 0 atom stereocenters. The van der Waals surface area contributed by atoms with E-state index < -0.39 is 11.7 Å². The molecule has 94 valence electrons. The molecule has 4 nitrogen and oxygen atoms in total. The summed E-state index contributed by atoms with van der Waals surface area (Å²) in [5.74, 6) is 0.187. The Balaban J connectivity index is 2.31. The Morgan fingerprint density at radius 2 is 1.88 bits per heavy atom. The van der Waals surface area contributed by atoms with Gasteiger partial charge in [0.2, 0.25) is 0 Å². The first-order valence-electron chi connectivity index (χ1n) is 5.27. The van der Waals surface area contributed by atoms with Crippen molar-refractivity contribution in [3.8, 4) is 0 Å². The Labute approximate surface area is 96.6 Å². The number of nitrogen functional groups attached to an aromatic ring is 1. The van der Waals surface area contributed by atoms with Crippen molar-refractivity contribution >= 4 is 11.6 Å². The highest BCUT2D eigenvalue weighted by atomic mass is 19.4. The van der Waals surface area contributed by atoms with Gasteiger partial charge in [-0.25, -0.2) is 4.98 Å². The minimum Gasteiger partial charge on any atom is -0.384 e. The van der Waals surface area contributed by atoms with Crippen LogP contribution in [0.25, 0.3) is 0 Å². The lowest BCUT2D eigenvalue weighted by Crippen LogP contribution is -2.44. The molecule has 1 saturated heterocycles. The molecule has 0 radical (unpaired) electrons. The zero-order valence-electron chi connectivity index (χ0n) is 9.09. The van der Waals surface area contributed by atoms with Crippen LogP contribution in [-0.4, -0.2) is 31.2 Å². The number of nitrogens with zero attached hydrogens (tertiary/aromatic N) is 2. The van der Waals surface area contributed by atoms with Crippen LogP contribution in [0.2, 0.25) is 0 Å². The van der Waals surface area contributed by atoms with E-state index in [4.69, 9.17) is 5.73 Å². The first kappa shape index (κ1) is 12.0. The number of hydrogen-bond acceptors (Lipinski definition) is 4. The van der Waals surface area contributed by atoms with Gasteiger partial charge in [0.05, 0.1) is 5.56 Å². The van der Waals surface area contributed by atoms with Crippen molar-refractivity contribution in [3.63, 3.8) is 0 Å². The summed E-state index contributed by atoms with van der Waals surface area (Å²) >= 11 is 0. The Hall–Kier alpha value is -1.50. The maximum atomic E-state index is 12.6. The van der Waals surface area contributed by atoms with E-state index in [1.165, 1.54) is 0 Å². The molecule has 1 aliphatic rings. The van der Waals surface area contributed by atoms with Gasteiger partial charge >= 0.3 is 6.18 Å². The van der Waals surface area contributed by atoms with Crippen LogP contribution in [0.5, 0.6) is 0 Å². The van der Waals surface area contributed by atoms with E-state index in [2.05, 4.69) is 10.3 Å². The van der Waals surface area contributed by atoms with E-state index in [-0.39, 0.29) is 5.82 Å². The molecule has 1 aromatic rings. The number of halogens is 3. The summed E-state index contributed by atoms with van der Waals surface area (Å²) in [5, 5.41) is 3.12. The average molecular weight is 246 g/mol. The average Bonchev–Trinajstić information content (AvgIpc) is 2.28. The summed E-state index contributed by atoms with van der Waals surface area (Å²) in [7, 11) is 0. The highest BCUT2D eigenvalue weighted by Gasteiger charge is 2.32. The molecule has 0 aliphatic carbocycles. The second-order valence-corrected chi connectivity index (χ2v) is 3.87. The van der Waals surface area contributed by atoms with E-state index >= 15 is 0 Å². The predicted octanol–water partition coefficient (Wildman–Crippen LogP) is 1.09. The van der Waals surface area contributed by atoms with Gasteiger partial charge in [0, 0.05) is 26.2 Å². The molecule has 0 aromatic carbocycles. The molecular weight excluding hydrogens is 233 g/mol. The van der Waals surface area contributed by atoms with Crippen molar-refractivity contribution in [2.45, 2.75) is 6.18 Å². The van der Waals surface area contributed by atoms with Crippen molar-refractivity contribution < 1.29 is 13.2 Å². The molecule has 0 amide bonds. The minimum absolute atomic E-state index is 0.103. The van der Waals surface area contributed by atoms with Gasteiger partial charge in [-0.05, 0) is 12.1 Å². The fraction of sp³-hybridized carbons (Fsp3) is 0.500. The third-order valence-corrected chi connectivity index (χ3v) is 2.60. The van der Waals surface area contributed by atoms with Crippen LogP contribution in [0.15, 0.2) is 12.1 Å². The van der Waals surface area contributed by atoms with E-state index in [9.17, 15) is 13.2 Å². The summed E-state index contributed by atoms with van der Waals surface area (Å²) in [5.41, 5.74) is 4.66. The normalized spacial score (nSPS) is 17.2. The Kier molecular flexibility index (Phi) is 3.10. The summed E-state index contributed by atoms with van der Waals surface area (Å²) in [6.07, 6.45) is -4.39. The zero-order chi connectivity index (χ0) is 12.5. The summed E-state index contributed by atoms with van der Waals surface area (Å²) in [6, 6.07) is 1.90. The molecule has 2 rings (SSSR count). The molecule has 2 heterocycles. The Bertz CT molecular complexity index is 399. The molecule has 3 N–H and O–H groups in total. The Morgan fingerprint density at radius 1 is 1.24 bits per heavy atom. The van der Waals surface area contributed by atoms with Gasteiger partial charge in [-0.2, -0.15) is 13.2 Å². The number of nitrogens with one attached hydrogen (secondary N) is 1. The van der Waals surface area contributed by atoms with Gasteiger partial charge in [-0.1, -0.05) is 0 Å².